The topological polar surface area (TPSA) is 100 Å². The molecule has 0 bridgehead atoms. The van der Waals surface area contributed by atoms with Crippen LogP contribution >= 0.6 is 11.8 Å². The Morgan fingerprint density at radius 3 is 2.79 bits per heavy atom. The number of amides is 2. The Labute approximate surface area is 200 Å². The van der Waals surface area contributed by atoms with Crippen LogP contribution in [0.3, 0.4) is 0 Å². The third-order valence-electron chi connectivity index (χ3n) is 5.93. The molecule has 0 saturated carbocycles. The maximum absolute atomic E-state index is 13.3. The minimum absolute atomic E-state index is 0.252. The number of anilines is 1. The molecule has 174 valence electrons. The zero-order chi connectivity index (χ0) is 23.5. The average Bonchev–Trinajstić information content (AvgIpc) is 3.16. The van der Waals surface area contributed by atoms with Gasteiger partial charge in [0.15, 0.2) is 0 Å². The fourth-order valence-corrected chi connectivity index (χ4v) is 4.80. The van der Waals surface area contributed by atoms with Crippen molar-refractivity contribution in [1.82, 2.24) is 25.6 Å². The summed E-state index contributed by atoms with van der Waals surface area (Å²) < 4.78 is 13.3. The van der Waals surface area contributed by atoms with E-state index >= 15 is 0 Å². The second-order valence-electron chi connectivity index (χ2n) is 8.33. The van der Waals surface area contributed by atoms with Crippen molar-refractivity contribution < 1.29 is 14.0 Å². The lowest BCUT2D eigenvalue weighted by Gasteiger charge is -2.32. The third-order valence-corrected chi connectivity index (χ3v) is 6.74. The summed E-state index contributed by atoms with van der Waals surface area (Å²) in [6.45, 7) is 3.26. The standard InChI is InChI=1S/C24H23FN6O2S/c25-17-2-4-20-16(11-17)1-3-19(28-20)14-26-13-15-6-9-31(10-7-15)23-27-8-5-18(29-23)12-21-22(32)30-24(33)34-21/h1-5,8,11-12,15,26H,6-7,9-10,13-14H2,(H,30,32,33). The van der Waals surface area contributed by atoms with Crippen molar-refractivity contribution in [3.63, 3.8) is 0 Å². The molecule has 2 aromatic heterocycles. The van der Waals surface area contributed by atoms with Crippen molar-refractivity contribution in [3.05, 3.63) is 64.7 Å². The van der Waals surface area contributed by atoms with E-state index in [1.165, 1.54) is 12.1 Å². The number of hydrogen-bond donors (Lipinski definition) is 2. The van der Waals surface area contributed by atoms with Crippen LogP contribution in [-0.4, -0.2) is 45.7 Å². The maximum atomic E-state index is 13.3. The molecule has 2 aliphatic heterocycles. The number of aromatic nitrogens is 3. The van der Waals surface area contributed by atoms with Gasteiger partial charge in [0.05, 0.1) is 21.8 Å². The van der Waals surface area contributed by atoms with E-state index in [-0.39, 0.29) is 11.1 Å². The van der Waals surface area contributed by atoms with Gasteiger partial charge in [-0.25, -0.2) is 14.4 Å². The number of thioether (sulfide) groups is 1. The Morgan fingerprint density at radius 2 is 2.00 bits per heavy atom. The quantitative estimate of drug-likeness (QED) is 0.520. The molecular weight excluding hydrogens is 455 g/mol. The summed E-state index contributed by atoms with van der Waals surface area (Å²) in [5.41, 5.74) is 2.34. The summed E-state index contributed by atoms with van der Waals surface area (Å²) in [6, 6.07) is 10.2. The fourth-order valence-electron chi connectivity index (χ4n) is 4.13. The van der Waals surface area contributed by atoms with Crippen molar-refractivity contribution in [2.45, 2.75) is 19.4 Å². The van der Waals surface area contributed by atoms with Crippen molar-refractivity contribution in [3.8, 4) is 0 Å². The first-order valence-corrected chi connectivity index (χ1v) is 11.9. The van der Waals surface area contributed by atoms with Gasteiger partial charge in [-0.3, -0.25) is 19.9 Å². The molecule has 1 aromatic carbocycles. The lowest BCUT2D eigenvalue weighted by atomic mass is 9.97. The lowest BCUT2D eigenvalue weighted by molar-refractivity contribution is -0.115. The summed E-state index contributed by atoms with van der Waals surface area (Å²) >= 11 is 0.878. The number of fused-ring (bicyclic) bond motifs is 1. The van der Waals surface area contributed by atoms with Crippen molar-refractivity contribution in [2.75, 3.05) is 24.5 Å². The second kappa shape index (κ2) is 9.86. The van der Waals surface area contributed by atoms with Crippen LogP contribution in [-0.2, 0) is 11.3 Å². The number of rotatable bonds is 6. The van der Waals surface area contributed by atoms with Gasteiger partial charge >= 0.3 is 0 Å². The van der Waals surface area contributed by atoms with Crippen molar-refractivity contribution in [2.24, 2.45) is 5.92 Å². The van der Waals surface area contributed by atoms with Crippen LogP contribution in [0.4, 0.5) is 15.1 Å². The van der Waals surface area contributed by atoms with E-state index in [4.69, 9.17) is 0 Å². The number of nitrogens with zero attached hydrogens (tertiary/aromatic N) is 4. The molecule has 0 radical (unpaired) electrons. The summed E-state index contributed by atoms with van der Waals surface area (Å²) in [7, 11) is 0. The van der Waals surface area contributed by atoms with E-state index in [9.17, 15) is 14.0 Å². The molecule has 4 heterocycles. The Hall–Kier alpha value is -3.37. The van der Waals surface area contributed by atoms with Gasteiger partial charge in [-0.05, 0) is 73.5 Å². The van der Waals surface area contributed by atoms with Crippen LogP contribution in [0.5, 0.6) is 0 Å². The van der Waals surface area contributed by atoms with Gasteiger partial charge in [0.2, 0.25) is 5.95 Å². The minimum Gasteiger partial charge on any atom is -0.341 e. The third kappa shape index (κ3) is 5.23. The SMILES string of the molecule is O=C1NC(=O)C(=Cc2ccnc(N3CCC(CNCc4ccc5cc(F)ccc5n4)CC3)n2)S1. The summed E-state index contributed by atoms with van der Waals surface area (Å²) in [5, 5.41) is 6.18. The largest absolute Gasteiger partial charge is 0.341 e. The van der Waals surface area contributed by atoms with Crippen LogP contribution in [0.15, 0.2) is 47.5 Å². The second-order valence-corrected chi connectivity index (χ2v) is 9.35. The van der Waals surface area contributed by atoms with Gasteiger partial charge in [-0.1, -0.05) is 6.07 Å². The molecule has 0 atom stereocenters. The highest BCUT2D eigenvalue weighted by atomic mass is 32.2. The highest BCUT2D eigenvalue weighted by Crippen LogP contribution is 2.26. The number of piperidine rings is 1. The number of imide groups is 1. The normalized spacial score (nSPS) is 18.1. The monoisotopic (exact) mass is 478 g/mol. The molecule has 10 heteroatoms. The van der Waals surface area contributed by atoms with Gasteiger partial charge in [-0.15, -0.1) is 0 Å². The molecule has 2 amide bonds. The Balaban J connectivity index is 1.12. The Morgan fingerprint density at radius 1 is 1.15 bits per heavy atom. The smallest absolute Gasteiger partial charge is 0.290 e. The molecule has 2 aliphatic rings. The van der Waals surface area contributed by atoms with Crippen LogP contribution in [0.2, 0.25) is 0 Å². The fraction of sp³-hybridized carbons (Fsp3) is 0.292. The molecular formula is C24H23FN6O2S. The molecule has 0 unspecified atom stereocenters. The molecule has 2 N–H and O–H groups in total. The molecule has 8 nitrogen and oxygen atoms in total. The lowest BCUT2D eigenvalue weighted by Crippen LogP contribution is -2.38. The summed E-state index contributed by atoms with van der Waals surface area (Å²) in [6.07, 6.45) is 5.31. The Bertz CT molecular complexity index is 1280. The van der Waals surface area contributed by atoms with E-state index in [0.29, 0.717) is 29.0 Å². The number of carbonyl (C=O) groups is 2. The predicted octanol–water partition coefficient (Wildman–Crippen LogP) is 3.49. The molecule has 34 heavy (non-hydrogen) atoms. The predicted molar refractivity (Wildman–Crippen MR) is 129 cm³/mol. The molecule has 0 spiro atoms. The zero-order valence-electron chi connectivity index (χ0n) is 18.3. The average molecular weight is 479 g/mol. The van der Waals surface area contributed by atoms with E-state index in [1.807, 2.05) is 12.1 Å². The number of pyridine rings is 1. The maximum Gasteiger partial charge on any atom is 0.290 e. The first-order valence-electron chi connectivity index (χ1n) is 11.1. The van der Waals surface area contributed by atoms with Crippen molar-refractivity contribution >= 4 is 45.8 Å². The molecule has 3 aromatic rings. The molecule has 2 saturated heterocycles. The van der Waals surface area contributed by atoms with Crippen LogP contribution in [0.25, 0.3) is 17.0 Å². The summed E-state index contributed by atoms with van der Waals surface area (Å²) in [4.78, 5) is 39.2. The van der Waals surface area contributed by atoms with Gasteiger partial charge in [0.25, 0.3) is 11.1 Å². The Kier molecular flexibility index (Phi) is 6.50. The first-order chi connectivity index (χ1) is 16.5. The summed E-state index contributed by atoms with van der Waals surface area (Å²) in [5.74, 6) is 0.529. The molecule has 0 aliphatic carbocycles. The van der Waals surface area contributed by atoms with Gasteiger partial charge in [0, 0.05) is 31.2 Å². The number of benzene rings is 1. The highest BCUT2D eigenvalue weighted by molar-refractivity contribution is 8.18. The molecule has 5 rings (SSSR count). The van der Waals surface area contributed by atoms with E-state index in [1.54, 1.807) is 24.4 Å². The first kappa shape index (κ1) is 22.4. The van der Waals surface area contributed by atoms with Crippen LogP contribution in [0.1, 0.15) is 24.2 Å². The van der Waals surface area contributed by atoms with Gasteiger partial charge in [-0.2, -0.15) is 0 Å². The van der Waals surface area contributed by atoms with E-state index < -0.39 is 5.91 Å². The zero-order valence-corrected chi connectivity index (χ0v) is 19.1. The number of hydrogen-bond acceptors (Lipinski definition) is 8. The van der Waals surface area contributed by atoms with E-state index in [2.05, 4.69) is 30.5 Å². The van der Waals surface area contributed by atoms with E-state index in [0.717, 1.165) is 60.8 Å². The minimum atomic E-state index is -0.392. The van der Waals surface area contributed by atoms with Gasteiger partial charge < -0.3 is 10.2 Å². The molecule has 2 fully saturated rings. The number of halogens is 1. The number of nitrogens with one attached hydrogen (secondary N) is 2. The highest BCUT2D eigenvalue weighted by Gasteiger charge is 2.25. The van der Waals surface area contributed by atoms with Crippen LogP contribution < -0.4 is 15.5 Å². The van der Waals surface area contributed by atoms with Crippen molar-refractivity contribution in [1.29, 1.82) is 0 Å². The van der Waals surface area contributed by atoms with Gasteiger partial charge in [0.1, 0.15) is 5.82 Å². The van der Waals surface area contributed by atoms with Crippen LogP contribution in [0, 0.1) is 11.7 Å². The number of carbonyl (C=O) groups excluding carboxylic acids is 2.